The second-order valence-corrected chi connectivity index (χ2v) is 4.90. The van der Waals surface area contributed by atoms with E-state index in [0.29, 0.717) is 12.2 Å². The van der Waals surface area contributed by atoms with Crippen LogP contribution in [0.5, 0.6) is 5.75 Å². The van der Waals surface area contributed by atoms with Crippen LogP contribution >= 0.6 is 0 Å². The van der Waals surface area contributed by atoms with E-state index in [0.717, 1.165) is 28.0 Å². The molecule has 3 nitrogen and oxygen atoms in total. The number of ether oxygens (including phenoxy) is 1. The van der Waals surface area contributed by atoms with Gasteiger partial charge in [0, 0.05) is 0 Å². The summed E-state index contributed by atoms with van der Waals surface area (Å²) in [6.45, 7) is 5.99. The molecule has 0 amide bonds. The van der Waals surface area contributed by atoms with E-state index < -0.39 is 5.97 Å². The lowest BCUT2D eigenvalue weighted by molar-refractivity contribution is 0.0695. The highest BCUT2D eigenvalue weighted by molar-refractivity contribution is 5.91. The van der Waals surface area contributed by atoms with Crippen molar-refractivity contribution in [1.82, 2.24) is 0 Å². The Morgan fingerprint density at radius 3 is 2.35 bits per heavy atom. The molecule has 0 aliphatic rings. The van der Waals surface area contributed by atoms with Crippen LogP contribution in [0.25, 0.3) is 0 Å². The van der Waals surface area contributed by atoms with E-state index in [-0.39, 0.29) is 0 Å². The molecule has 2 rings (SSSR count). The van der Waals surface area contributed by atoms with E-state index in [9.17, 15) is 9.90 Å². The van der Waals surface area contributed by atoms with Crippen molar-refractivity contribution in [3.05, 3.63) is 64.2 Å². The maximum absolute atomic E-state index is 11.2. The third-order valence-corrected chi connectivity index (χ3v) is 3.50. The van der Waals surface area contributed by atoms with Crippen LogP contribution in [0.3, 0.4) is 0 Å². The average Bonchev–Trinajstić information content (AvgIpc) is 2.42. The minimum Gasteiger partial charge on any atom is -0.489 e. The number of aromatic carboxylic acids is 1. The summed E-state index contributed by atoms with van der Waals surface area (Å²) < 4.78 is 5.83. The summed E-state index contributed by atoms with van der Waals surface area (Å²) in [5.74, 6) is -0.147. The SMILES string of the molecule is Cc1cc(OCc2ccccc2)c(C)c(C)c1C(=O)O. The van der Waals surface area contributed by atoms with Gasteiger partial charge in [0.1, 0.15) is 12.4 Å². The molecule has 0 spiro atoms. The van der Waals surface area contributed by atoms with Gasteiger partial charge in [-0.2, -0.15) is 0 Å². The summed E-state index contributed by atoms with van der Waals surface area (Å²) in [5, 5.41) is 9.23. The first kappa shape index (κ1) is 14.1. The summed E-state index contributed by atoms with van der Waals surface area (Å²) in [4.78, 5) is 11.2. The normalized spacial score (nSPS) is 10.3. The van der Waals surface area contributed by atoms with E-state index in [4.69, 9.17) is 4.74 Å². The zero-order valence-corrected chi connectivity index (χ0v) is 11.9. The molecule has 0 aliphatic carbocycles. The van der Waals surface area contributed by atoms with Crippen LogP contribution in [0.1, 0.15) is 32.6 Å². The molecule has 3 heteroatoms. The number of benzene rings is 2. The lowest BCUT2D eigenvalue weighted by atomic mass is 9.97. The monoisotopic (exact) mass is 270 g/mol. The molecule has 0 saturated heterocycles. The average molecular weight is 270 g/mol. The van der Waals surface area contributed by atoms with Gasteiger partial charge in [-0.3, -0.25) is 0 Å². The Bertz CT molecular complexity index is 630. The zero-order chi connectivity index (χ0) is 14.7. The quantitative estimate of drug-likeness (QED) is 0.916. The van der Waals surface area contributed by atoms with Crippen molar-refractivity contribution in [2.24, 2.45) is 0 Å². The molecule has 0 aromatic heterocycles. The smallest absolute Gasteiger partial charge is 0.336 e. The number of carboxylic acid groups (broad SMARTS) is 1. The topological polar surface area (TPSA) is 46.5 Å². The molecule has 0 fully saturated rings. The van der Waals surface area contributed by atoms with E-state index in [1.54, 1.807) is 13.0 Å². The van der Waals surface area contributed by atoms with Gasteiger partial charge in [-0.05, 0) is 49.1 Å². The molecule has 1 N–H and O–H groups in total. The molecule has 20 heavy (non-hydrogen) atoms. The minimum atomic E-state index is -0.891. The van der Waals surface area contributed by atoms with E-state index in [2.05, 4.69) is 0 Å². The van der Waals surface area contributed by atoms with Gasteiger partial charge in [0.15, 0.2) is 0 Å². The lowest BCUT2D eigenvalue weighted by Gasteiger charge is -2.15. The van der Waals surface area contributed by atoms with Crippen molar-refractivity contribution >= 4 is 5.97 Å². The van der Waals surface area contributed by atoms with Crippen LogP contribution in [0, 0.1) is 20.8 Å². The first-order valence-electron chi connectivity index (χ1n) is 6.51. The van der Waals surface area contributed by atoms with Crippen molar-refractivity contribution in [2.45, 2.75) is 27.4 Å². The Kier molecular flexibility index (Phi) is 4.08. The van der Waals surface area contributed by atoms with Crippen LogP contribution in [0.4, 0.5) is 0 Å². The van der Waals surface area contributed by atoms with Crippen LogP contribution in [-0.4, -0.2) is 11.1 Å². The van der Waals surface area contributed by atoms with Gasteiger partial charge in [0.2, 0.25) is 0 Å². The van der Waals surface area contributed by atoms with Gasteiger partial charge in [0.05, 0.1) is 5.56 Å². The van der Waals surface area contributed by atoms with Crippen molar-refractivity contribution in [3.8, 4) is 5.75 Å². The third-order valence-electron chi connectivity index (χ3n) is 3.50. The van der Waals surface area contributed by atoms with Gasteiger partial charge in [-0.1, -0.05) is 30.3 Å². The molecule has 0 heterocycles. The fourth-order valence-electron chi connectivity index (χ4n) is 2.26. The van der Waals surface area contributed by atoms with Crippen molar-refractivity contribution in [2.75, 3.05) is 0 Å². The summed E-state index contributed by atoms with van der Waals surface area (Å²) in [7, 11) is 0. The lowest BCUT2D eigenvalue weighted by Crippen LogP contribution is -2.07. The predicted octanol–water partition coefficient (Wildman–Crippen LogP) is 3.89. The maximum Gasteiger partial charge on any atom is 0.336 e. The molecule has 0 bridgehead atoms. The van der Waals surface area contributed by atoms with Crippen molar-refractivity contribution in [3.63, 3.8) is 0 Å². The number of aryl methyl sites for hydroxylation is 1. The molecule has 0 radical (unpaired) electrons. The molecular formula is C17H18O3. The molecule has 0 aliphatic heterocycles. The third kappa shape index (κ3) is 2.82. The van der Waals surface area contributed by atoms with E-state index in [1.807, 2.05) is 44.2 Å². The molecule has 0 saturated carbocycles. The van der Waals surface area contributed by atoms with Crippen LogP contribution in [-0.2, 0) is 6.61 Å². The molecule has 2 aromatic rings. The Morgan fingerprint density at radius 1 is 1.10 bits per heavy atom. The molecule has 2 aromatic carbocycles. The number of carbonyl (C=O) groups is 1. The Hall–Kier alpha value is -2.29. The van der Waals surface area contributed by atoms with Crippen LogP contribution in [0.15, 0.2) is 36.4 Å². The van der Waals surface area contributed by atoms with Crippen LogP contribution < -0.4 is 4.74 Å². The number of hydrogen-bond donors (Lipinski definition) is 1. The fourth-order valence-corrected chi connectivity index (χ4v) is 2.26. The minimum absolute atomic E-state index is 0.370. The maximum atomic E-state index is 11.2. The summed E-state index contributed by atoms with van der Waals surface area (Å²) in [5.41, 5.74) is 3.83. The number of carboxylic acids is 1. The van der Waals surface area contributed by atoms with Crippen molar-refractivity contribution in [1.29, 1.82) is 0 Å². The molecule has 104 valence electrons. The second-order valence-electron chi connectivity index (χ2n) is 4.90. The fraction of sp³-hybridized carbons (Fsp3) is 0.235. The van der Waals surface area contributed by atoms with Crippen LogP contribution in [0.2, 0.25) is 0 Å². The Balaban J connectivity index is 2.28. The number of hydrogen-bond acceptors (Lipinski definition) is 2. The van der Waals surface area contributed by atoms with Gasteiger partial charge in [-0.25, -0.2) is 4.79 Å². The first-order valence-corrected chi connectivity index (χ1v) is 6.51. The molecule has 0 unspecified atom stereocenters. The highest BCUT2D eigenvalue weighted by Gasteiger charge is 2.16. The Labute approximate surface area is 118 Å². The Morgan fingerprint density at radius 2 is 1.75 bits per heavy atom. The van der Waals surface area contributed by atoms with Gasteiger partial charge < -0.3 is 9.84 Å². The van der Waals surface area contributed by atoms with Gasteiger partial charge in [0.25, 0.3) is 0 Å². The standard InChI is InChI=1S/C17H18O3/c1-11-9-15(12(2)13(3)16(11)17(18)19)20-10-14-7-5-4-6-8-14/h4-9H,10H2,1-3H3,(H,18,19). The zero-order valence-electron chi connectivity index (χ0n) is 11.9. The van der Waals surface area contributed by atoms with E-state index >= 15 is 0 Å². The summed E-state index contributed by atoms with van der Waals surface area (Å²) in [6.07, 6.45) is 0. The highest BCUT2D eigenvalue weighted by Crippen LogP contribution is 2.28. The van der Waals surface area contributed by atoms with E-state index in [1.165, 1.54) is 0 Å². The largest absolute Gasteiger partial charge is 0.489 e. The highest BCUT2D eigenvalue weighted by atomic mass is 16.5. The molecular weight excluding hydrogens is 252 g/mol. The van der Waals surface area contributed by atoms with Gasteiger partial charge >= 0.3 is 5.97 Å². The number of rotatable bonds is 4. The second kappa shape index (κ2) is 5.78. The predicted molar refractivity (Wildman–Crippen MR) is 78.4 cm³/mol. The first-order chi connectivity index (χ1) is 9.50. The van der Waals surface area contributed by atoms with Crippen molar-refractivity contribution < 1.29 is 14.6 Å². The van der Waals surface area contributed by atoms with Gasteiger partial charge in [-0.15, -0.1) is 0 Å². The summed E-state index contributed by atoms with van der Waals surface area (Å²) >= 11 is 0. The summed E-state index contributed by atoms with van der Waals surface area (Å²) in [6, 6.07) is 11.7. The molecule has 0 atom stereocenters.